The summed E-state index contributed by atoms with van der Waals surface area (Å²) in [5.41, 5.74) is 2.08. The number of rotatable bonds is 11. The van der Waals surface area contributed by atoms with Gasteiger partial charge >= 0.3 is 0 Å². The Hall–Kier alpha value is -2.27. The molecule has 2 fully saturated rings. The molecule has 0 spiro atoms. The molecular formula is C36H37Cl7N6O2. The lowest BCUT2D eigenvalue weighted by Gasteiger charge is -2.24. The standard InChI is InChI=1S/C18H18Cl3N3O.C14H17Cl2NO.C4H2Cl2N2/c19-13-7-6-12(14(20)9-13)3-1-5-16(25)15-4-2-8-24(15)18-10-17(21)22-11-23-18;15-11-7-6-10(12(16)9-11)3-1-5-14(18)13-4-2-8-17-13;5-3-1-4(6)8-2-7-3/h6-7,9-11,15H,1-5,8H2;6-7,9,13,17H,1-5,8H2;1-2H/t15-;13-;/m00./s1. The zero-order valence-corrected chi connectivity index (χ0v) is 32.9. The third kappa shape index (κ3) is 13.9. The predicted molar refractivity (Wildman–Crippen MR) is 209 cm³/mol. The minimum absolute atomic E-state index is 0.0886. The Morgan fingerprint density at radius 3 is 1.71 bits per heavy atom. The van der Waals surface area contributed by atoms with Crippen molar-refractivity contribution < 1.29 is 9.59 Å². The minimum atomic E-state index is -0.133. The van der Waals surface area contributed by atoms with Gasteiger partial charge in [0.15, 0.2) is 5.78 Å². The summed E-state index contributed by atoms with van der Waals surface area (Å²) in [4.78, 5) is 41.9. The molecule has 15 heteroatoms. The Morgan fingerprint density at radius 1 is 0.667 bits per heavy atom. The van der Waals surface area contributed by atoms with E-state index in [1.54, 1.807) is 18.2 Å². The monoisotopic (exact) mass is 830 g/mol. The number of carbonyl (C=O) groups excluding carboxylic acids is 2. The first-order chi connectivity index (χ1) is 24.5. The number of halogens is 7. The molecule has 0 amide bonds. The van der Waals surface area contributed by atoms with E-state index in [1.807, 2.05) is 29.2 Å². The van der Waals surface area contributed by atoms with Crippen LogP contribution in [0.15, 0.2) is 61.2 Å². The van der Waals surface area contributed by atoms with Gasteiger partial charge < -0.3 is 10.2 Å². The van der Waals surface area contributed by atoms with Crippen LogP contribution in [0.3, 0.4) is 0 Å². The highest BCUT2D eigenvalue weighted by molar-refractivity contribution is 6.35. The third-order valence-corrected chi connectivity index (χ3v) is 10.2. The van der Waals surface area contributed by atoms with E-state index in [0.29, 0.717) is 54.2 Å². The van der Waals surface area contributed by atoms with E-state index in [9.17, 15) is 9.59 Å². The average molecular weight is 834 g/mol. The van der Waals surface area contributed by atoms with Crippen molar-refractivity contribution in [1.29, 1.82) is 0 Å². The van der Waals surface area contributed by atoms with Crippen molar-refractivity contribution in [2.24, 2.45) is 0 Å². The maximum Gasteiger partial charge on any atom is 0.155 e. The molecule has 6 rings (SSSR count). The second-order valence-corrected chi connectivity index (χ2v) is 14.8. The smallest absolute Gasteiger partial charge is 0.155 e. The zero-order chi connectivity index (χ0) is 36.8. The molecule has 0 aliphatic carbocycles. The summed E-state index contributed by atoms with van der Waals surface area (Å²) >= 11 is 40.8. The Kier molecular flexibility index (Phi) is 17.4. The molecule has 2 aromatic carbocycles. The number of carbonyl (C=O) groups is 2. The lowest BCUT2D eigenvalue weighted by Crippen LogP contribution is -2.36. The molecule has 4 heterocycles. The molecule has 2 aromatic heterocycles. The Morgan fingerprint density at radius 2 is 1.22 bits per heavy atom. The fourth-order valence-corrected chi connectivity index (χ4v) is 7.32. The van der Waals surface area contributed by atoms with Crippen LogP contribution in [0.1, 0.15) is 62.5 Å². The summed E-state index contributed by atoms with van der Waals surface area (Å²) in [6, 6.07) is 14.1. The van der Waals surface area contributed by atoms with E-state index in [0.717, 1.165) is 81.4 Å². The van der Waals surface area contributed by atoms with Crippen molar-refractivity contribution in [3.63, 3.8) is 0 Å². The van der Waals surface area contributed by atoms with Gasteiger partial charge in [-0.2, -0.15) is 0 Å². The zero-order valence-electron chi connectivity index (χ0n) is 27.6. The van der Waals surface area contributed by atoms with Crippen molar-refractivity contribution in [1.82, 2.24) is 25.3 Å². The second-order valence-electron chi connectivity index (χ2n) is 12.0. The summed E-state index contributed by atoms with van der Waals surface area (Å²) in [5, 5.41) is 6.96. The number of aryl methyl sites for hydroxylation is 2. The van der Waals surface area contributed by atoms with E-state index in [2.05, 4.69) is 25.3 Å². The molecule has 2 saturated heterocycles. The van der Waals surface area contributed by atoms with E-state index in [4.69, 9.17) is 81.2 Å². The molecule has 1 N–H and O–H groups in total. The van der Waals surface area contributed by atoms with Crippen molar-refractivity contribution in [3.05, 3.63) is 108 Å². The first kappa shape index (κ1) is 41.5. The lowest BCUT2D eigenvalue weighted by molar-refractivity contribution is -0.121. The van der Waals surface area contributed by atoms with Crippen LogP contribution in [0, 0.1) is 0 Å². The molecule has 0 bridgehead atoms. The lowest BCUT2D eigenvalue weighted by atomic mass is 10.0. The van der Waals surface area contributed by atoms with Crippen molar-refractivity contribution in [3.8, 4) is 0 Å². The van der Waals surface area contributed by atoms with Gasteiger partial charge in [0.05, 0.1) is 12.1 Å². The largest absolute Gasteiger partial charge is 0.346 e. The van der Waals surface area contributed by atoms with Gasteiger partial charge in [-0.05, 0) is 93.3 Å². The maximum absolute atomic E-state index is 12.7. The van der Waals surface area contributed by atoms with Gasteiger partial charge in [0.25, 0.3) is 0 Å². The molecule has 2 aliphatic heterocycles. The van der Waals surface area contributed by atoms with Crippen molar-refractivity contribution in [2.45, 2.75) is 76.3 Å². The summed E-state index contributed by atoms with van der Waals surface area (Å²) in [6.45, 7) is 1.78. The number of nitrogens with one attached hydrogen (secondary N) is 1. The topological polar surface area (TPSA) is 101 Å². The van der Waals surface area contributed by atoms with Gasteiger partial charge in [0.1, 0.15) is 39.7 Å². The summed E-state index contributed by atoms with van der Waals surface area (Å²) in [5.74, 6) is 1.28. The fraction of sp³-hybridized carbons (Fsp3) is 0.389. The number of anilines is 1. The number of hydrogen-bond donors (Lipinski definition) is 1. The summed E-state index contributed by atoms with van der Waals surface area (Å²) in [6.07, 6.45) is 11.0. The highest BCUT2D eigenvalue weighted by atomic mass is 35.5. The molecule has 0 unspecified atom stereocenters. The first-order valence-corrected chi connectivity index (χ1v) is 19.2. The molecule has 272 valence electrons. The van der Waals surface area contributed by atoms with Crippen LogP contribution in [0.5, 0.6) is 0 Å². The van der Waals surface area contributed by atoms with Crippen LogP contribution in [0.4, 0.5) is 5.82 Å². The van der Waals surface area contributed by atoms with Crippen LogP contribution >= 0.6 is 81.2 Å². The number of nitrogens with zero attached hydrogens (tertiary/aromatic N) is 5. The highest BCUT2D eigenvalue weighted by Crippen LogP contribution is 2.28. The SMILES string of the molecule is Clc1cc(Cl)ncn1.O=C(CCCc1ccc(Cl)cc1Cl)[C@@H]1CCCN1.O=C(CCCc1ccc(Cl)cc1Cl)[C@@H]1CCCN1c1cc(Cl)ncn1. The molecular weight excluding hydrogens is 797 g/mol. The number of ketones is 2. The fourth-order valence-electron chi connectivity index (χ4n) is 5.82. The number of aromatic nitrogens is 4. The molecule has 0 saturated carbocycles. The van der Waals surface area contributed by atoms with Crippen LogP contribution in [-0.2, 0) is 22.4 Å². The van der Waals surface area contributed by atoms with Gasteiger partial charge in [-0.1, -0.05) is 93.3 Å². The Labute approximate surface area is 333 Å². The van der Waals surface area contributed by atoms with Gasteiger partial charge in [-0.3, -0.25) is 9.59 Å². The van der Waals surface area contributed by atoms with E-state index in [-0.39, 0.29) is 17.9 Å². The second kappa shape index (κ2) is 21.4. The van der Waals surface area contributed by atoms with Crippen LogP contribution in [0.2, 0.25) is 35.5 Å². The van der Waals surface area contributed by atoms with Crippen LogP contribution in [0.25, 0.3) is 0 Å². The Bertz CT molecular complexity index is 1740. The molecule has 51 heavy (non-hydrogen) atoms. The van der Waals surface area contributed by atoms with Crippen molar-refractivity contribution in [2.75, 3.05) is 18.0 Å². The average Bonchev–Trinajstić information content (AvgIpc) is 3.81. The number of hydrogen-bond acceptors (Lipinski definition) is 8. The number of Topliss-reactive ketones (excluding diaryl/α,β-unsaturated/α-hetero) is 2. The molecule has 2 aliphatic rings. The quantitative estimate of drug-likeness (QED) is 0.149. The molecule has 0 radical (unpaired) electrons. The van der Waals surface area contributed by atoms with Gasteiger partial charge in [-0.25, -0.2) is 19.9 Å². The van der Waals surface area contributed by atoms with E-state index < -0.39 is 0 Å². The van der Waals surface area contributed by atoms with Crippen LogP contribution in [-0.4, -0.2) is 56.7 Å². The molecule has 4 aromatic rings. The molecule has 2 atom stereocenters. The minimum Gasteiger partial charge on any atom is -0.346 e. The Balaban J connectivity index is 0.000000194. The van der Waals surface area contributed by atoms with Gasteiger partial charge in [-0.15, -0.1) is 0 Å². The summed E-state index contributed by atoms with van der Waals surface area (Å²) < 4.78 is 0. The van der Waals surface area contributed by atoms with E-state index in [1.165, 1.54) is 18.7 Å². The molecule has 8 nitrogen and oxygen atoms in total. The first-order valence-electron chi connectivity index (χ1n) is 16.5. The van der Waals surface area contributed by atoms with Crippen LogP contribution < -0.4 is 10.2 Å². The highest BCUT2D eigenvalue weighted by Gasteiger charge is 2.31. The van der Waals surface area contributed by atoms with Gasteiger partial charge in [0, 0.05) is 51.6 Å². The van der Waals surface area contributed by atoms with E-state index >= 15 is 0 Å². The predicted octanol–water partition coefficient (Wildman–Crippen LogP) is 10.4. The number of benzene rings is 2. The normalized spacial score (nSPS) is 16.6. The van der Waals surface area contributed by atoms with Crippen molar-refractivity contribution >= 4 is 98.6 Å². The third-order valence-electron chi connectivity index (χ3n) is 8.36. The maximum atomic E-state index is 12.7. The van der Waals surface area contributed by atoms with Gasteiger partial charge in [0.2, 0.25) is 0 Å². The summed E-state index contributed by atoms with van der Waals surface area (Å²) in [7, 11) is 0.